The van der Waals surface area contributed by atoms with Crippen LogP contribution in [0.4, 0.5) is 5.95 Å². The zero-order valence-corrected chi connectivity index (χ0v) is 12.4. The summed E-state index contributed by atoms with van der Waals surface area (Å²) in [6.07, 6.45) is 0.323. The SMILES string of the molecule is COCCNC(=O)CCNc1nc(C)cc(C(N)=S)n1. The second-order valence-corrected chi connectivity index (χ2v) is 4.54. The van der Waals surface area contributed by atoms with E-state index in [2.05, 4.69) is 20.6 Å². The molecule has 110 valence electrons. The maximum atomic E-state index is 11.5. The van der Waals surface area contributed by atoms with Crippen molar-refractivity contribution >= 4 is 29.1 Å². The number of nitrogens with one attached hydrogen (secondary N) is 2. The first kappa shape index (κ1) is 16.3. The molecule has 1 rings (SSSR count). The first-order valence-electron chi connectivity index (χ1n) is 6.18. The zero-order valence-electron chi connectivity index (χ0n) is 11.6. The van der Waals surface area contributed by atoms with Crippen LogP contribution in [0.2, 0.25) is 0 Å². The fourth-order valence-corrected chi connectivity index (χ4v) is 1.55. The Hall–Kier alpha value is -1.80. The molecule has 1 aromatic rings. The minimum Gasteiger partial charge on any atom is -0.388 e. The molecular formula is C12H19N5O2S. The van der Waals surface area contributed by atoms with Crippen molar-refractivity contribution in [1.29, 1.82) is 0 Å². The van der Waals surface area contributed by atoms with Crippen molar-refractivity contribution in [2.45, 2.75) is 13.3 Å². The Morgan fingerprint density at radius 3 is 2.85 bits per heavy atom. The monoisotopic (exact) mass is 297 g/mol. The zero-order chi connectivity index (χ0) is 15.0. The fourth-order valence-electron chi connectivity index (χ4n) is 1.44. The van der Waals surface area contributed by atoms with Gasteiger partial charge in [-0.2, -0.15) is 0 Å². The smallest absolute Gasteiger partial charge is 0.223 e. The van der Waals surface area contributed by atoms with E-state index in [4.69, 9.17) is 22.7 Å². The third kappa shape index (κ3) is 5.89. The van der Waals surface area contributed by atoms with E-state index in [9.17, 15) is 4.79 Å². The van der Waals surface area contributed by atoms with Crippen molar-refractivity contribution in [3.63, 3.8) is 0 Å². The third-order valence-corrected chi connectivity index (χ3v) is 2.58. The number of methoxy groups -OCH3 is 1. The number of rotatable bonds is 8. The van der Waals surface area contributed by atoms with Gasteiger partial charge in [0.05, 0.1) is 6.61 Å². The van der Waals surface area contributed by atoms with Gasteiger partial charge in [-0.05, 0) is 13.0 Å². The van der Waals surface area contributed by atoms with Gasteiger partial charge in [-0.25, -0.2) is 9.97 Å². The van der Waals surface area contributed by atoms with E-state index in [0.717, 1.165) is 5.69 Å². The first-order chi connectivity index (χ1) is 9.52. The van der Waals surface area contributed by atoms with E-state index in [1.807, 2.05) is 6.92 Å². The molecule has 7 nitrogen and oxygen atoms in total. The molecule has 0 radical (unpaired) electrons. The van der Waals surface area contributed by atoms with Crippen LogP contribution in [-0.2, 0) is 9.53 Å². The predicted octanol–water partition coefficient (Wildman–Crippen LogP) is -0.0162. The fraction of sp³-hybridized carbons (Fsp3) is 0.500. The number of ether oxygens (including phenoxy) is 1. The highest BCUT2D eigenvalue weighted by atomic mass is 32.1. The van der Waals surface area contributed by atoms with Crippen LogP contribution < -0.4 is 16.4 Å². The van der Waals surface area contributed by atoms with Gasteiger partial charge in [-0.15, -0.1) is 0 Å². The molecule has 8 heteroatoms. The molecule has 1 amide bonds. The Kier molecular flexibility index (Phi) is 6.82. The molecule has 0 bridgehead atoms. The Morgan fingerprint density at radius 1 is 1.45 bits per heavy atom. The van der Waals surface area contributed by atoms with Crippen LogP contribution in [0, 0.1) is 6.92 Å². The average molecular weight is 297 g/mol. The van der Waals surface area contributed by atoms with Gasteiger partial charge in [0.2, 0.25) is 11.9 Å². The minimum absolute atomic E-state index is 0.0585. The number of anilines is 1. The van der Waals surface area contributed by atoms with E-state index < -0.39 is 0 Å². The predicted molar refractivity (Wildman–Crippen MR) is 80.6 cm³/mol. The normalized spacial score (nSPS) is 10.1. The quantitative estimate of drug-likeness (QED) is 0.458. The number of aromatic nitrogens is 2. The minimum atomic E-state index is -0.0585. The lowest BCUT2D eigenvalue weighted by atomic mass is 10.3. The van der Waals surface area contributed by atoms with Gasteiger partial charge in [-0.1, -0.05) is 12.2 Å². The van der Waals surface area contributed by atoms with Crippen LogP contribution in [-0.4, -0.2) is 47.7 Å². The van der Waals surface area contributed by atoms with Gasteiger partial charge in [-0.3, -0.25) is 4.79 Å². The summed E-state index contributed by atoms with van der Waals surface area (Å²) in [6, 6.07) is 1.71. The summed E-state index contributed by atoms with van der Waals surface area (Å²) in [5, 5.41) is 5.70. The Labute approximate surface area is 123 Å². The number of nitrogens with two attached hydrogens (primary N) is 1. The number of hydrogen-bond acceptors (Lipinski definition) is 6. The van der Waals surface area contributed by atoms with Crippen LogP contribution in [0.25, 0.3) is 0 Å². The molecule has 0 aliphatic heterocycles. The maximum absolute atomic E-state index is 11.5. The lowest BCUT2D eigenvalue weighted by Crippen LogP contribution is -2.28. The van der Waals surface area contributed by atoms with Gasteiger partial charge in [0.15, 0.2) is 0 Å². The molecule has 20 heavy (non-hydrogen) atoms. The summed E-state index contributed by atoms with van der Waals surface area (Å²) in [4.78, 5) is 20.0. The van der Waals surface area contributed by atoms with Crippen molar-refractivity contribution < 1.29 is 9.53 Å². The maximum Gasteiger partial charge on any atom is 0.223 e. The van der Waals surface area contributed by atoms with Gasteiger partial charge in [0, 0.05) is 32.3 Å². The summed E-state index contributed by atoms with van der Waals surface area (Å²) in [5.41, 5.74) is 6.81. The number of nitrogens with zero attached hydrogens (tertiary/aromatic N) is 2. The van der Waals surface area contributed by atoms with E-state index in [1.165, 1.54) is 0 Å². The summed E-state index contributed by atoms with van der Waals surface area (Å²) in [5.74, 6) is 0.356. The molecular weight excluding hydrogens is 278 g/mol. The van der Waals surface area contributed by atoms with Crippen molar-refractivity contribution in [1.82, 2.24) is 15.3 Å². The highest BCUT2D eigenvalue weighted by molar-refractivity contribution is 7.80. The molecule has 0 aliphatic carbocycles. The Bertz CT molecular complexity index is 481. The van der Waals surface area contributed by atoms with Crippen LogP contribution in [0.3, 0.4) is 0 Å². The Balaban J connectivity index is 2.42. The standard InChI is InChI=1S/C12H19N5O2S/c1-8-7-9(11(13)20)17-12(16-8)15-4-3-10(18)14-5-6-19-2/h7H,3-6H2,1-2H3,(H2,13,20)(H,14,18)(H,15,16,17). The lowest BCUT2D eigenvalue weighted by Gasteiger charge is -2.08. The van der Waals surface area contributed by atoms with Crippen LogP contribution in [0.5, 0.6) is 0 Å². The second kappa shape index (κ2) is 8.39. The van der Waals surface area contributed by atoms with Crippen LogP contribution >= 0.6 is 12.2 Å². The highest BCUT2D eigenvalue weighted by Crippen LogP contribution is 2.04. The molecule has 0 saturated carbocycles. The number of thiocarbonyl (C=S) groups is 1. The number of carbonyl (C=O) groups is 1. The molecule has 0 aliphatic rings. The van der Waals surface area contributed by atoms with E-state index >= 15 is 0 Å². The summed E-state index contributed by atoms with van der Waals surface area (Å²) >= 11 is 4.88. The first-order valence-corrected chi connectivity index (χ1v) is 6.58. The molecule has 0 spiro atoms. The molecule has 1 aromatic heterocycles. The van der Waals surface area contributed by atoms with E-state index in [1.54, 1.807) is 13.2 Å². The summed E-state index contributed by atoms with van der Waals surface area (Å²) in [7, 11) is 1.59. The van der Waals surface area contributed by atoms with Crippen molar-refractivity contribution in [3.8, 4) is 0 Å². The number of hydrogen-bond donors (Lipinski definition) is 3. The van der Waals surface area contributed by atoms with Gasteiger partial charge >= 0.3 is 0 Å². The molecule has 0 fully saturated rings. The topological polar surface area (TPSA) is 102 Å². The number of aryl methyl sites for hydroxylation is 1. The van der Waals surface area contributed by atoms with Gasteiger partial charge < -0.3 is 21.1 Å². The van der Waals surface area contributed by atoms with E-state index in [-0.39, 0.29) is 10.9 Å². The second-order valence-electron chi connectivity index (χ2n) is 4.10. The Morgan fingerprint density at radius 2 is 2.20 bits per heavy atom. The van der Waals surface area contributed by atoms with Crippen LogP contribution in [0.15, 0.2) is 6.07 Å². The molecule has 0 atom stereocenters. The van der Waals surface area contributed by atoms with Crippen LogP contribution in [0.1, 0.15) is 17.8 Å². The number of carbonyl (C=O) groups excluding carboxylic acids is 1. The van der Waals surface area contributed by atoms with E-state index in [0.29, 0.717) is 37.8 Å². The average Bonchev–Trinajstić information content (AvgIpc) is 2.38. The molecule has 0 aromatic carbocycles. The van der Waals surface area contributed by atoms with Crippen molar-refractivity contribution in [2.24, 2.45) is 5.73 Å². The lowest BCUT2D eigenvalue weighted by molar-refractivity contribution is -0.121. The molecule has 0 unspecified atom stereocenters. The van der Waals surface area contributed by atoms with Gasteiger partial charge in [0.25, 0.3) is 0 Å². The third-order valence-electron chi connectivity index (χ3n) is 2.37. The summed E-state index contributed by atoms with van der Waals surface area (Å²) < 4.78 is 4.84. The number of amides is 1. The molecule has 0 saturated heterocycles. The van der Waals surface area contributed by atoms with Gasteiger partial charge in [0.1, 0.15) is 10.7 Å². The summed E-state index contributed by atoms with van der Waals surface area (Å²) in [6.45, 7) is 3.25. The van der Waals surface area contributed by atoms with Crippen molar-refractivity contribution in [2.75, 3.05) is 32.1 Å². The molecule has 4 N–H and O–H groups in total. The largest absolute Gasteiger partial charge is 0.388 e. The highest BCUT2D eigenvalue weighted by Gasteiger charge is 2.05. The molecule has 1 heterocycles. The van der Waals surface area contributed by atoms with Crippen molar-refractivity contribution in [3.05, 3.63) is 17.5 Å².